The molecule has 31 heavy (non-hydrogen) atoms. The van der Waals surface area contributed by atoms with Gasteiger partial charge in [-0.15, -0.1) is 0 Å². The molecule has 1 amide bonds. The molecule has 0 radical (unpaired) electrons. The third-order valence-corrected chi connectivity index (χ3v) is 6.32. The normalized spacial score (nSPS) is 16.5. The number of carbonyl (C=O) groups is 1. The maximum Gasteiger partial charge on any atom is 0.279 e. The number of amides is 1. The molecule has 0 spiro atoms. The number of aryl methyl sites for hydroxylation is 1. The second kappa shape index (κ2) is 8.28. The van der Waals surface area contributed by atoms with Gasteiger partial charge in [-0.3, -0.25) is 14.5 Å². The van der Waals surface area contributed by atoms with Gasteiger partial charge in [0.2, 0.25) is 0 Å². The van der Waals surface area contributed by atoms with Gasteiger partial charge in [0.15, 0.2) is 5.65 Å². The lowest BCUT2D eigenvalue weighted by Gasteiger charge is -2.22. The number of anilines is 1. The Labute approximate surface area is 180 Å². The van der Waals surface area contributed by atoms with Gasteiger partial charge >= 0.3 is 0 Å². The molecule has 2 aliphatic heterocycles. The third kappa shape index (κ3) is 3.66. The lowest BCUT2D eigenvalue weighted by atomic mass is 10.1. The summed E-state index contributed by atoms with van der Waals surface area (Å²) in [5, 5.41) is 10.5. The van der Waals surface area contributed by atoms with Crippen molar-refractivity contribution in [2.24, 2.45) is 0 Å². The van der Waals surface area contributed by atoms with Crippen LogP contribution in [0, 0.1) is 0 Å². The van der Waals surface area contributed by atoms with E-state index in [0.717, 1.165) is 49.5 Å². The minimum absolute atomic E-state index is 0.145. The number of benzene rings is 1. The van der Waals surface area contributed by atoms with E-state index in [4.69, 9.17) is 0 Å². The van der Waals surface area contributed by atoms with Gasteiger partial charge in [0, 0.05) is 44.0 Å². The van der Waals surface area contributed by atoms with Crippen LogP contribution in [0.3, 0.4) is 0 Å². The second-order valence-corrected chi connectivity index (χ2v) is 8.33. The molecular weight excluding hydrogens is 392 g/mol. The van der Waals surface area contributed by atoms with E-state index in [2.05, 4.69) is 31.3 Å². The summed E-state index contributed by atoms with van der Waals surface area (Å²) in [5.41, 5.74) is 4.53. The van der Waals surface area contributed by atoms with Crippen molar-refractivity contribution in [3.05, 3.63) is 63.2 Å². The zero-order chi connectivity index (χ0) is 21.4. The van der Waals surface area contributed by atoms with Crippen LogP contribution in [-0.4, -0.2) is 44.6 Å². The predicted octanol–water partition coefficient (Wildman–Crippen LogP) is 2.01. The monoisotopic (exact) mass is 420 g/mol. The van der Waals surface area contributed by atoms with Gasteiger partial charge in [-0.05, 0) is 50.6 Å². The standard InChI is InChI=1S/C23H28N6O2/c1-2-28-20-8-9-24-13-18(20)23(31)29-22(28)19(14-25-29)21(30)26-17-7-5-6-16(12-17)15-27-10-3-4-11-27/h5-7,12,14,24H,2-4,8-11,13,15H2,1H3,(H,26,30). The Morgan fingerprint density at radius 1 is 1.26 bits per heavy atom. The Kier molecular flexibility index (Phi) is 5.33. The zero-order valence-corrected chi connectivity index (χ0v) is 17.9. The highest BCUT2D eigenvalue weighted by Crippen LogP contribution is 2.20. The van der Waals surface area contributed by atoms with E-state index >= 15 is 0 Å². The van der Waals surface area contributed by atoms with E-state index in [1.165, 1.54) is 29.1 Å². The number of aromatic nitrogens is 3. The highest BCUT2D eigenvalue weighted by molar-refractivity contribution is 6.08. The summed E-state index contributed by atoms with van der Waals surface area (Å²) in [4.78, 5) is 28.6. The number of likely N-dealkylation sites (tertiary alicyclic amines) is 1. The molecule has 162 valence electrons. The van der Waals surface area contributed by atoms with Crippen LogP contribution in [0.4, 0.5) is 5.69 Å². The van der Waals surface area contributed by atoms with Gasteiger partial charge < -0.3 is 15.2 Å². The molecule has 0 atom stereocenters. The fraction of sp³-hybridized carbons (Fsp3) is 0.435. The highest BCUT2D eigenvalue weighted by Gasteiger charge is 2.24. The van der Waals surface area contributed by atoms with Gasteiger partial charge in [0.1, 0.15) is 5.56 Å². The first-order valence-corrected chi connectivity index (χ1v) is 11.1. The van der Waals surface area contributed by atoms with Crippen LogP contribution >= 0.6 is 0 Å². The van der Waals surface area contributed by atoms with Crippen LogP contribution < -0.4 is 16.2 Å². The number of hydrogen-bond acceptors (Lipinski definition) is 5. The van der Waals surface area contributed by atoms with Crippen molar-refractivity contribution in [3.63, 3.8) is 0 Å². The number of carbonyl (C=O) groups excluding carboxylic acids is 1. The van der Waals surface area contributed by atoms with E-state index in [-0.39, 0.29) is 11.5 Å². The van der Waals surface area contributed by atoms with Crippen molar-refractivity contribution in [1.29, 1.82) is 0 Å². The largest absolute Gasteiger partial charge is 0.329 e. The third-order valence-electron chi connectivity index (χ3n) is 6.32. The van der Waals surface area contributed by atoms with Crippen molar-refractivity contribution >= 4 is 17.2 Å². The second-order valence-electron chi connectivity index (χ2n) is 8.33. The fourth-order valence-corrected chi connectivity index (χ4v) is 4.82. The fourth-order valence-electron chi connectivity index (χ4n) is 4.82. The van der Waals surface area contributed by atoms with Crippen LogP contribution in [0.5, 0.6) is 0 Å². The lowest BCUT2D eigenvalue weighted by molar-refractivity contribution is 0.102. The van der Waals surface area contributed by atoms with Gasteiger partial charge in [-0.25, -0.2) is 0 Å². The molecule has 0 saturated carbocycles. The highest BCUT2D eigenvalue weighted by atomic mass is 16.2. The van der Waals surface area contributed by atoms with Crippen molar-refractivity contribution in [2.45, 2.75) is 45.8 Å². The number of hydrogen-bond donors (Lipinski definition) is 2. The molecule has 0 bridgehead atoms. The van der Waals surface area contributed by atoms with E-state index in [1.54, 1.807) is 0 Å². The smallest absolute Gasteiger partial charge is 0.279 e. The van der Waals surface area contributed by atoms with Gasteiger partial charge in [0.05, 0.1) is 11.8 Å². The summed E-state index contributed by atoms with van der Waals surface area (Å²) in [5.74, 6) is -0.246. The zero-order valence-electron chi connectivity index (χ0n) is 17.9. The number of nitrogens with one attached hydrogen (secondary N) is 2. The van der Waals surface area contributed by atoms with Gasteiger partial charge in [-0.2, -0.15) is 9.61 Å². The maximum absolute atomic E-state index is 13.2. The molecule has 8 heteroatoms. The predicted molar refractivity (Wildman–Crippen MR) is 119 cm³/mol. The quantitative estimate of drug-likeness (QED) is 0.660. The van der Waals surface area contributed by atoms with E-state index in [1.807, 2.05) is 25.1 Å². The lowest BCUT2D eigenvalue weighted by Crippen LogP contribution is -2.36. The van der Waals surface area contributed by atoms with Gasteiger partial charge in [0.25, 0.3) is 11.5 Å². The Bertz CT molecular complexity index is 1190. The maximum atomic E-state index is 13.2. The van der Waals surface area contributed by atoms with Crippen LogP contribution in [-0.2, 0) is 26.1 Å². The minimum atomic E-state index is -0.246. The molecule has 5 rings (SSSR count). The first-order valence-electron chi connectivity index (χ1n) is 11.1. The van der Waals surface area contributed by atoms with E-state index in [0.29, 0.717) is 24.3 Å². The summed E-state index contributed by atoms with van der Waals surface area (Å²) in [7, 11) is 0. The molecule has 1 aromatic carbocycles. The van der Waals surface area contributed by atoms with Crippen molar-refractivity contribution in [2.75, 3.05) is 25.0 Å². The molecule has 2 aromatic heterocycles. The summed E-state index contributed by atoms with van der Waals surface area (Å²) in [6, 6.07) is 8.00. The summed E-state index contributed by atoms with van der Waals surface area (Å²) in [6.45, 7) is 7.22. The summed E-state index contributed by atoms with van der Waals surface area (Å²) < 4.78 is 3.43. The molecule has 8 nitrogen and oxygen atoms in total. The van der Waals surface area contributed by atoms with Crippen molar-refractivity contribution in [3.8, 4) is 0 Å². The molecule has 0 aliphatic carbocycles. The Hall–Kier alpha value is -2.97. The summed E-state index contributed by atoms with van der Waals surface area (Å²) in [6.07, 6.45) is 4.78. The van der Waals surface area contributed by atoms with Crippen molar-refractivity contribution < 1.29 is 4.79 Å². The SMILES string of the molecule is CCn1c2c(c(=O)n3ncc(C(=O)Nc4cccc(CN5CCCC5)c4)c13)CNCC2. The van der Waals surface area contributed by atoms with Crippen LogP contribution in [0.15, 0.2) is 35.3 Å². The van der Waals surface area contributed by atoms with E-state index < -0.39 is 0 Å². The Morgan fingerprint density at radius 2 is 2.10 bits per heavy atom. The van der Waals surface area contributed by atoms with Crippen LogP contribution in [0.25, 0.3) is 5.65 Å². The number of rotatable bonds is 5. The van der Waals surface area contributed by atoms with Crippen LogP contribution in [0.1, 0.15) is 46.9 Å². The number of fused-ring (bicyclic) bond motifs is 2. The van der Waals surface area contributed by atoms with E-state index in [9.17, 15) is 9.59 Å². The molecule has 2 aliphatic rings. The molecular formula is C23H28N6O2. The topological polar surface area (TPSA) is 83.7 Å². The average Bonchev–Trinajstić information content (AvgIpc) is 3.45. The Morgan fingerprint density at radius 3 is 2.90 bits per heavy atom. The minimum Gasteiger partial charge on any atom is -0.329 e. The Balaban J connectivity index is 1.47. The molecule has 1 saturated heterocycles. The molecule has 0 unspecified atom stereocenters. The first kappa shape index (κ1) is 20.0. The van der Waals surface area contributed by atoms with Gasteiger partial charge in [-0.1, -0.05) is 12.1 Å². The average molecular weight is 421 g/mol. The molecule has 3 aromatic rings. The molecule has 4 heterocycles. The first-order chi connectivity index (χ1) is 15.2. The molecule has 1 fully saturated rings. The molecule has 2 N–H and O–H groups in total. The summed E-state index contributed by atoms with van der Waals surface area (Å²) >= 11 is 0. The van der Waals surface area contributed by atoms with Crippen molar-refractivity contribution in [1.82, 2.24) is 24.4 Å². The number of nitrogens with zero attached hydrogens (tertiary/aromatic N) is 4. The van der Waals surface area contributed by atoms with Crippen LogP contribution in [0.2, 0.25) is 0 Å².